The maximum absolute atomic E-state index is 8.77. The van der Waals surface area contributed by atoms with Gasteiger partial charge in [-0.15, -0.1) is 0 Å². The lowest BCUT2D eigenvalue weighted by atomic mass is 10.3. The van der Waals surface area contributed by atoms with E-state index in [1.807, 2.05) is 30.3 Å². The lowest BCUT2D eigenvalue weighted by molar-refractivity contribution is 0.276. The molecule has 0 aliphatic rings. The molecule has 0 bridgehead atoms. The third-order valence-electron chi connectivity index (χ3n) is 2.24. The summed E-state index contributed by atoms with van der Waals surface area (Å²) in [6.07, 6.45) is 2.33. The van der Waals surface area contributed by atoms with Gasteiger partial charge in [0, 0.05) is 13.2 Å². The smallest absolute Gasteiger partial charge is 0.179 e. The summed E-state index contributed by atoms with van der Waals surface area (Å²) in [6, 6.07) is 9.54. The number of aromatic nitrogens is 2. The van der Waals surface area contributed by atoms with E-state index in [-0.39, 0.29) is 6.61 Å². The van der Waals surface area contributed by atoms with E-state index in [1.54, 1.807) is 10.9 Å². The molecule has 2 rings (SSSR count). The second-order valence-corrected chi connectivity index (χ2v) is 4.27. The number of hydrogen-bond acceptors (Lipinski definition) is 3. The van der Waals surface area contributed by atoms with Gasteiger partial charge in [-0.1, -0.05) is 18.2 Å². The number of para-hydroxylation sites is 1. The molecule has 5 heteroatoms. The maximum atomic E-state index is 8.77. The summed E-state index contributed by atoms with van der Waals surface area (Å²) < 4.78 is 8.22. The molecule has 17 heavy (non-hydrogen) atoms. The molecular weight excluding hydrogens is 284 g/mol. The van der Waals surface area contributed by atoms with Crippen molar-refractivity contribution in [2.24, 2.45) is 0 Å². The Bertz CT molecular complexity index is 471. The van der Waals surface area contributed by atoms with Crippen LogP contribution in [0.5, 0.6) is 11.5 Å². The van der Waals surface area contributed by atoms with E-state index in [2.05, 4.69) is 21.0 Å². The van der Waals surface area contributed by atoms with E-state index in [0.29, 0.717) is 18.7 Å². The first-order chi connectivity index (χ1) is 8.31. The summed E-state index contributed by atoms with van der Waals surface area (Å²) in [5.41, 5.74) is 0. The second kappa shape index (κ2) is 5.84. The van der Waals surface area contributed by atoms with Crippen LogP contribution in [0.4, 0.5) is 0 Å². The lowest BCUT2D eigenvalue weighted by Crippen LogP contribution is -2.02. The van der Waals surface area contributed by atoms with Crippen molar-refractivity contribution >= 4 is 15.9 Å². The molecule has 0 saturated carbocycles. The average molecular weight is 297 g/mol. The van der Waals surface area contributed by atoms with E-state index >= 15 is 0 Å². The Kier molecular flexibility index (Phi) is 4.17. The molecule has 2 aromatic rings. The van der Waals surface area contributed by atoms with Crippen LogP contribution in [-0.4, -0.2) is 21.5 Å². The summed E-state index contributed by atoms with van der Waals surface area (Å²) >= 11 is 3.43. The maximum Gasteiger partial charge on any atom is 0.179 e. The number of halogens is 1. The molecule has 0 amide bonds. The van der Waals surface area contributed by atoms with Crippen LogP contribution in [0.1, 0.15) is 6.42 Å². The van der Waals surface area contributed by atoms with E-state index < -0.39 is 0 Å². The van der Waals surface area contributed by atoms with Crippen LogP contribution in [0.2, 0.25) is 0 Å². The summed E-state index contributed by atoms with van der Waals surface area (Å²) in [5.74, 6) is 1.45. The monoisotopic (exact) mass is 296 g/mol. The summed E-state index contributed by atoms with van der Waals surface area (Å²) in [7, 11) is 0. The second-order valence-electron chi connectivity index (χ2n) is 3.52. The van der Waals surface area contributed by atoms with E-state index in [9.17, 15) is 0 Å². The Morgan fingerprint density at radius 2 is 2.06 bits per heavy atom. The Labute approximate surface area is 108 Å². The molecular formula is C12H13BrN2O2. The van der Waals surface area contributed by atoms with Crippen molar-refractivity contribution in [3.05, 3.63) is 41.1 Å². The van der Waals surface area contributed by atoms with Crippen LogP contribution in [0, 0.1) is 0 Å². The first-order valence-electron chi connectivity index (χ1n) is 5.36. The Balaban J connectivity index is 2.09. The molecule has 1 N–H and O–H groups in total. The number of aryl methyl sites for hydroxylation is 1. The van der Waals surface area contributed by atoms with Gasteiger partial charge in [0.05, 0.1) is 6.20 Å². The molecule has 0 radical (unpaired) electrons. The molecule has 0 saturated heterocycles. The zero-order valence-electron chi connectivity index (χ0n) is 9.21. The van der Waals surface area contributed by atoms with Gasteiger partial charge in [0.15, 0.2) is 5.75 Å². The fourth-order valence-corrected chi connectivity index (χ4v) is 1.87. The molecule has 0 spiro atoms. The zero-order valence-corrected chi connectivity index (χ0v) is 10.8. The minimum absolute atomic E-state index is 0.154. The van der Waals surface area contributed by atoms with E-state index in [0.717, 1.165) is 10.4 Å². The molecule has 0 aliphatic carbocycles. The molecule has 1 aromatic heterocycles. The molecule has 0 fully saturated rings. The zero-order chi connectivity index (χ0) is 12.1. The van der Waals surface area contributed by atoms with Crippen LogP contribution >= 0.6 is 15.9 Å². The van der Waals surface area contributed by atoms with Crippen molar-refractivity contribution in [1.82, 2.24) is 9.78 Å². The highest BCUT2D eigenvalue weighted by atomic mass is 79.9. The third-order valence-corrected chi connectivity index (χ3v) is 3.04. The van der Waals surface area contributed by atoms with Crippen molar-refractivity contribution in [3.8, 4) is 11.5 Å². The highest BCUT2D eigenvalue weighted by Gasteiger charge is 2.09. The van der Waals surface area contributed by atoms with Crippen LogP contribution < -0.4 is 4.74 Å². The normalized spacial score (nSPS) is 10.5. The number of benzene rings is 1. The molecule has 0 unspecified atom stereocenters. The Hall–Kier alpha value is -1.33. The fourth-order valence-electron chi connectivity index (χ4n) is 1.41. The minimum atomic E-state index is 0.154. The predicted molar refractivity (Wildman–Crippen MR) is 68.1 cm³/mol. The van der Waals surface area contributed by atoms with E-state index in [1.165, 1.54) is 0 Å². The van der Waals surface area contributed by atoms with Crippen molar-refractivity contribution < 1.29 is 9.84 Å². The Morgan fingerprint density at radius 1 is 1.29 bits per heavy atom. The highest BCUT2D eigenvalue weighted by Crippen LogP contribution is 2.29. The number of hydrogen-bond donors (Lipinski definition) is 1. The summed E-state index contributed by atoms with van der Waals surface area (Å²) in [4.78, 5) is 0. The van der Waals surface area contributed by atoms with Gasteiger partial charge in [-0.2, -0.15) is 5.10 Å². The van der Waals surface area contributed by atoms with Gasteiger partial charge in [0.1, 0.15) is 10.4 Å². The number of aliphatic hydroxyl groups excluding tert-OH is 1. The number of rotatable bonds is 5. The quantitative estimate of drug-likeness (QED) is 0.923. The topological polar surface area (TPSA) is 47.3 Å². The number of nitrogens with zero attached hydrogens (tertiary/aromatic N) is 2. The average Bonchev–Trinajstić information content (AvgIpc) is 2.70. The van der Waals surface area contributed by atoms with Gasteiger partial charge >= 0.3 is 0 Å². The van der Waals surface area contributed by atoms with Gasteiger partial charge in [-0.25, -0.2) is 0 Å². The van der Waals surface area contributed by atoms with Crippen molar-refractivity contribution in [2.75, 3.05) is 6.61 Å². The molecule has 90 valence electrons. The van der Waals surface area contributed by atoms with Crippen molar-refractivity contribution in [2.45, 2.75) is 13.0 Å². The molecule has 4 nitrogen and oxygen atoms in total. The number of ether oxygens (including phenoxy) is 1. The van der Waals surface area contributed by atoms with Crippen molar-refractivity contribution in [1.29, 1.82) is 0 Å². The summed E-state index contributed by atoms with van der Waals surface area (Å²) in [6.45, 7) is 0.816. The van der Waals surface area contributed by atoms with Crippen molar-refractivity contribution in [3.63, 3.8) is 0 Å². The summed E-state index contributed by atoms with van der Waals surface area (Å²) in [5, 5.41) is 13.0. The van der Waals surface area contributed by atoms with E-state index in [4.69, 9.17) is 9.84 Å². The standard InChI is InChI=1S/C12H13BrN2O2/c13-12-11(9-14-15(12)7-4-8-16)17-10-5-2-1-3-6-10/h1-3,5-6,9,16H,4,7-8H2. The van der Waals surface area contributed by atoms with Gasteiger partial charge in [-0.05, 0) is 34.5 Å². The molecule has 0 aliphatic heterocycles. The van der Waals surface area contributed by atoms with Crippen LogP contribution in [0.3, 0.4) is 0 Å². The van der Waals surface area contributed by atoms with Crippen LogP contribution in [-0.2, 0) is 6.54 Å². The first kappa shape index (κ1) is 12.1. The van der Waals surface area contributed by atoms with Crippen LogP contribution in [0.15, 0.2) is 41.1 Å². The van der Waals surface area contributed by atoms with Gasteiger partial charge < -0.3 is 9.84 Å². The lowest BCUT2D eigenvalue weighted by Gasteiger charge is -2.04. The SMILES string of the molecule is OCCCn1ncc(Oc2ccccc2)c1Br. The minimum Gasteiger partial charge on any atom is -0.453 e. The van der Waals surface area contributed by atoms with Gasteiger partial charge in [0.2, 0.25) is 0 Å². The number of aliphatic hydroxyl groups is 1. The molecule has 1 heterocycles. The Morgan fingerprint density at radius 3 is 2.76 bits per heavy atom. The molecule has 1 aromatic carbocycles. The van der Waals surface area contributed by atoms with Gasteiger partial charge in [0.25, 0.3) is 0 Å². The molecule has 0 atom stereocenters. The largest absolute Gasteiger partial charge is 0.453 e. The predicted octanol–water partition coefficient (Wildman–Crippen LogP) is 2.82. The third kappa shape index (κ3) is 3.08. The first-order valence-corrected chi connectivity index (χ1v) is 6.15. The fraction of sp³-hybridized carbons (Fsp3) is 0.250. The van der Waals surface area contributed by atoms with Gasteiger partial charge in [-0.3, -0.25) is 4.68 Å². The van der Waals surface area contributed by atoms with Crippen LogP contribution in [0.25, 0.3) is 0 Å². The highest BCUT2D eigenvalue weighted by molar-refractivity contribution is 9.10.